The third-order valence-corrected chi connectivity index (χ3v) is 1.50. The molecule has 0 aliphatic carbocycles. The van der Waals surface area contributed by atoms with E-state index in [2.05, 4.69) is 10.3 Å². The molecule has 5 nitrogen and oxygen atoms in total. The highest BCUT2D eigenvalue weighted by Crippen LogP contribution is 2.00. The Balaban J connectivity index is 2.59. The van der Waals surface area contributed by atoms with Crippen molar-refractivity contribution in [3.8, 4) is 0 Å². The number of carbonyl (C=O) groups excluding carboxylic acids is 1. The maximum atomic E-state index is 10.5. The van der Waals surface area contributed by atoms with E-state index in [-0.39, 0.29) is 11.6 Å². The predicted molar refractivity (Wildman–Crippen MR) is 45.3 cm³/mol. The van der Waals surface area contributed by atoms with E-state index in [4.69, 9.17) is 5.11 Å². The highest BCUT2D eigenvalue weighted by Gasteiger charge is 2.05. The van der Waals surface area contributed by atoms with Gasteiger partial charge in [0, 0.05) is 12.6 Å². The molecule has 13 heavy (non-hydrogen) atoms. The molecule has 3 N–H and O–H groups in total. The molecule has 0 saturated carbocycles. The Morgan fingerprint density at radius 1 is 1.54 bits per heavy atom. The van der Waals surface area contributed by atoms with Crippen molar-refractivity contribution < 1.29 is 14.7 Å². The summed E-state index contributed by atoms with van der Waals surface area (Å²) in [5.74, 6) is -1.15. The minimum atomic E-state index is -1.01. The fourth-order valence-electron chi connectivity index (χ4n) is 0.888. The second-order valence-electron chi connectivity index (χ2n) is 2.61. The Labute approximate surface area is 74.8 Å². The van der Waals surface area contributed by atoms with Crippen molar-refractivity contribution in [2.24, 2.45) is 0 Å². The minimum absolute atomic E-state index is 0.125. The van der Waals surface area contributed by atoms with Crippen LogP contribution in [0, 0.1) is 0 Å². The number of H-pyrrole nitrogens is 1. The zero-order valence-corrected chi connectivity index (χ0v) is 7.13. The molecule has 0 unspecified atom stereocenters. The first kappa shape index (κ1) is 9.31. The molecule has 0 spiro atoms. The number of aromatic amines is 1. The summed E-state index contributed by atoms with van der Waals surface area (Å²) in [4.78, 5) is 23.6. The number of hydrogen-bond donors (Lipinski definition) is 3. The van der Waals surface area contributed by atoms with Gasteiger partial charge in [-0.25, -0.2) is 4.79 Å². The molecular formula is C8H10N2O3. The molecular weight excluding hydrogens is 172 g/mol. The van der Waals surface area contributed by atoms with E-state index in [1.165, 1.54) is 13.0 Å². The normalized spacial score (nSPS) is 9.62. The monoisotopic (exact) mass is 182 g/mol. The third kappa shape index (κ3) is 2.62. The second-order valence-corrected chi connectivity index (χ2v) is 2.61. The molecule has 0 aliphatic rings. The first-order valence-corrected chi connectivity index (χ1v) is 3.75. The number of carbonyl (C=O) groups is 2. The Morgan fingerprint density at radius 2 is 2.23 bits per heavy atom. The summed E-state index contributed by atoms with van der Waals surface area (Å²) in [5.41, 5.74) is 0.799. The van der Waals surface area contributed by atoms with E-state index in [0.717, 1.165) is 0 Å². The Hall–Kier alpha value is -1.78. The van der Waals surface area contributed by atoms with E-state index < -0.39 is 5.97 Å². The van der Waals surface area contributed by atoms with Gasteiger partial charge in [0.15, 0.2) is 0 Å². The van der Waals surface area contributed by atoms with Crippen molar-refractivity contribution in [3.05, 3.63) is 23.5 Å². The summed E-state index contributed by atoms with van der Waals surface area (Å²) in [6, 6.07) is 3.08. The average Bonchev–Trinajstić information content (AvgIpc) is 2.48. The maximum absolute atomic E-state index is 10.5. The number of aromatic carboxylic acids is 1. The zero-order chi connectivity index (χ0) is 9.84. The van der Waals surface area contributed by atoms with Crippen molar-refractivity contribution >= 4 is 11.9 Å². The molecule has 0 atom stereocenters. The zero-order valence-electron chi connectivity index (χ0n) is 7.13. The van der Waals surface area contributed by atoms with Gasteiger partial charge in [-0.1, -0.05) is 0 Å². The quantitative estimate of drug-likeness (QED) is 0.630. The lowest BCUT2D eigenvalue weighted by Crippen LogP contribution is -2.19. The Kier molecular flexibility index (Phi) is 2.69. The summed E-state index contributed by atoms with van der Waals surface area (Å²) in [6.45, 7) is 1.73. The van der Waals surface area contributed by atoms with Crippen molar-refractivity contribution in [2.45, 2.75) is 13.5 Å². The van der Waals surface area contributed by atoms with Gasteiger partial charge in [0.25, 0.3) is 0 Å². The van der Waals surface area contributed by atoms with E-state index in [1.54, 1.807) is 6.07 Å². The van der Waals surface area contributed by atoms with Gasteiger partial charge < -0.3 is 15.4 Å². The van der Waals surface area contributed by atoms with E-state index in [9.17, 15) is 9.59 Å². The highest BCUT2D eigenvalue weighted by atomic mass is 16.4. The first-order chi connectivity index (χ1) is 6.09. The van der Waals surface area contributed by atoms with Crippen LogP contribution >= 0.6 is 0 Å². The van der Waals surface area contributed by atoms with Crippen LogP contribution < -0.4 is 5.32 Å². The van der Waals surface area contributed by atoms with Gasteiger partial charge in [-0.15, -0.1) is 0 Å². The summed E-state index contributed by atoms with van der Waals surface area (Å²) >= 11 is 0. The lowest BCUT2D eigenvalue weighted by molar-refractivity contribution is -0.119. The molecule has 0 fully saturated rings. The lowest BCUT2D eigenvalue weighted by Gasteiger charge is -1.97. The molecule has 0 saturated heterocycles. The largest absolute Gasteiger partial charge is 0.477 e. The fourth-order valence-corrected chi connectivity index (χ4v) is 0.888. The van der Waals surface area contributed by atoms with Gasteiger partial charge in [0.2, 0.25) is 5.91 Å². The second kappa shape index (κ2) is 3.75. The SMILES string of the molecule is CC(=O)NCc1ccc(C(=O)O)[nH]1. The molecule has 1 rings (SSSR count). The average molecular weight is 182 g/mol. The molecule has 1 aromatic heterocycles. The van der Waals surface area contributed by atoms with E-state index in [1.807, 2.05) is 0 Å². The van der Waals surface area contributed by atoms with Crippen molar-refractivity contribution in [2.75, 3.05) is 0 Å². The van der Waals surface area contributed by atoms with Crippen molar-refractivity contribution in [3.63, 3.8) is 0 Å². The first-order valence-electron chi connectivity index (χ1n) is 3.75. The number of rotatable bonds is 3. The van der Waals surface area contributed by atoms with Gasteiger partial charge in [-0.05, 0) is 12.1 Å². The molecule has 0 aliphatic heterocycles. The van der Waals surface area contributed by atoms with Gasteiger partial charge in [0.1, 0.15) is 5.69 Å². The summed E-state index contributed by atoms with van der Waals surface area (Å²) in [6.07, 6.45) is 0. The number of amides is 1. The van der Waals surface area contributed by atoms with Crippen LogP contribution in [0.15, 0.2) is 12.1 Å². The van der Waals surface area contributed by atoms with Crippen LogP contribution in [0.3, 0.4) is 0 Å². The molecule has 5 heteroatoms. The predicted octanol–water partition coefficient (Wildman–Crippen LogP) is 0.349. The van der Waals surface area contributed by atoms with Gasteiger partial charge in [0.05, 0.1) is 6.54 Å². The van der Waals surface area contributed by atoms with E-state index >= 15 is 0 Å². The molecule has 1 amide bonds. The number of nitrogens with one attached hydrogen (secondary N) is 2. The Bertz CT molecular complexity index is 330. The highest BCUT2D eigenvalue weighted by molar-refractivity contribution is 5.85. The number of hydrogen-bond acceptors (Lipinski definition) is 2. The summed E-state index contributed by atoms with van der Waals surface area (Å²) < 4.78 is 0. The standard InChI is InChI=1S/C8H10N2O3/c1-5(11)9-4-6-2-3-7(10-6)8(12)13/h2-3,10H,4H2,1H3,(H,9,11)(H,12,13). The van der Waals surface area contributed by atoms with Crippen LogP contribution in [-0.4, -0.2) is 22.0 Å². The van der Waals surface area contributed by atoms with Crippen LogP contribution in [0.2, 0.25) is 0 Å². The summed E-state index contributed by atoms with van der Waals surface area (Å²) in [5, 5.41) is 11.1. The smallest absolute Gasteiger partial charge is 0.352 e. The van der Waals surface area contributed by atoms with Crippen LogP contribution in [-0.2, 0) is 11.3 Å². The summed E-state index contributed by atoms with van der Waals surface area (Å²) in [7, 11) is 0. The topological polar surface area (TPSA) is 82.2 Å². The van der Waals surface area contributed by atoms with Crippen molar-refractivity contribution in [1.82, 2.24) is 10.3 Å². The lowest BCUT2D eigenvalue weighted by atomic mass is 10.4. The van der Waals surface area contributed by atoms with Gasteiger partial charge in [-0.2, -0.15) is 0 Å². The van der Waals surface area contributed by atoms with Crippen molar-refractivity contribution in [1.29, 1.82) is 0 Å². The molecule has 70 valence electrons. The third-order valence-electron chi connectivity index (χ3n) is 1.50. The van der Waals surface area contributed by atoms with Gasteiger partial charge in [-0.3, -0.25) is 4.79 Å². The number of aromatic nitrogens is 1. The molecule has 0 bridgehead atoms. The molecule has 1 heterocycles. The number of carboxylic acids is 1. The minimum Gasteiger partial charge on any atom is -0.477 e. The molecule has 1 aromatic rings. The van der Waals surface area contributed by atoms with Gasteiger partial charge >= 0.3 is 5.97 Å². The number of carboxylic acid groups (broad SMARTS) is 1. The molecule has 0 aromatic carbocycles. The van der Waals surface area contributed by atoms with E-state index in [0.29, 0.717) is 12.2 Å². The van der Waals surface area contributed by atoms with Crippen LogP contribution in [0.5, 0.6) is 0 Å². The maximum Gasteiger partial charge on any atom is 0.352 e. The van der Waals surface area contributed by atoms with Crippen LogP contribution in [0.4, 0.5) is 0 Å². The van der Waals surface area contributed by atoms with Crippen LogP contribution in [0.25, 0.3) is 0 Å². The fraction of sp³-hybridized carbons (Fsp3) is 0.250. The molecule has 0 radical (unpaired) electrons. The Morgan fingerprint density at radius 3 is 2.69 bits per heavy atom. The van der Waals surface area contributed by atoms with Crippen LogP contribution in [0.1, 0.15) is 23.1 Å².